The number of amides is 3. The Labute approximate surface area is 265 Å². The van der Waals surface area contributed by atoms with E-state index < -0.39 is 36.8 Å². The van der Waals surface area contributed by atoms with Crippen LogP contribution in [0.4, 0.5) is 8.78 Å². The first kappa shape index (κ1) is 32.3. The Balaban J connectivity index is 1.21. The zero-order valence-corrected chi connectivity index (χ0v) is 26.4. The number of aromatic nitrogens is 1. The van der Waals surface area contributed by atoms with E-state index in [1.807, 2.05) is 23.1 Å². The van der Waals surface area contributed by atoms with Gasteiger partial charge >= 0.3 is 13.3 Å². The average Bonchev–Trinajstić information content (AvgIpc) is 3.71. The van der Waals surface area contributed by atoms with Gasteiger partial charge in [0.15, 0.2) is 0 Å². The molecule has 1 aromatic heterocycles. The number of rotatable bonds is 8. The van der Waals surface area contributed by atoms with Crippen LogP contribution in [-0.2, 0) is 32.8 Å². The summed E-state index contributed by atoms with van der Waals surface area (Å²) in [5.74, 6) is -0.754. The number of halogens is 2. The number of H-pyrrole nitrogens is 1. The molecule has 0 bridgehead atoms. The molecule has 2 fully saturated rings. The van der Waals surface area contributed by atoms with Gasteiger partial charge < -0.3 is 29.9 Å². The maximum absolute atomic E-state index is 14.3. The van der Waals surface area contributed by atoms with Gasteiger partial charge in [-0.1, -0.05) is 62.4 Å². The predicted octanol–water partition coefficient (Wildman–Crippen LogP) is 5.04. The van der Waals surface area contributed by atoms with Gasteiger partial charge in [-0.15, -0.1) is 0 Å². The minimum Gasteiger partial charge on any atom is -0.351 e. The Bertz CT molecular complexity index is 1680. The van der Waals surface area contributed by atoms with E-state index in [1.165, 1.54) is 17.7 Å². The lowest BCUT2D eigenvalue weighted by molar-refractivity contribution is -0.145. The van der Waals surface area contributed by atoms with Crippen molar-refractivity contribution >= 4 is 36.2 Å². The summed E-state index contributed by atoms with van der Waals surface area (Å²) >= 11 is 0. The SMILES string of the molecule is O=C(NC(CC1CCCCC1)C(=O)N1CCCC1C(=O)N1CCc2ccccc2C1)c1cc2cc(C(F)(F)P(=O)(O)O)ccc2[nH]1. The van der Waals surface area contributed by atoms with E-state index in [4.69, 9.17) is 9.79 Å². The fourth-order valence-electron chi connectivity index (χ4n) is 7.21. The summed E-state index contributed by atoms with van der Waals surface area (Å²) in [6.45, 7) is 1.50. The maximum Gasteiger partial charge on any atom is 0.399 e. The molecule has 2 atom stereocenters. The molecule has 0 spiro atoms. The first-order valence-electron chi connectivity index (χ1n) is 16.0. The lowest BCUT2D eigenvalue weighted by atomic mass is 9.84. The van der Waals surface area contributed by atoms with Crippen LogP contribution in [-0.4, -0.2) is 67.5 Å². The van der Waals surface area contributed by atoms with Crippen molar-refractivity contribution < 1.29 is 37.5 Å². The molecule has 246 valence electrons. The molecule has 10 nitrogen and oxygen atoms in total. The Kier molecular flexibility index (Phi) is 9.06. The van der Waals surface area contributed by atoms with Gasteiger partial charge in [-0.2, -0.15) is 8.78 Å². The first-order chi connectivity index (χ1) is 21.9. The van der Waals surface area contributed by atoms with E-state index in [1.54, 1.807) is 4.90 Å². The van der Waals surface area contributed by atoms with Crippen LogP contribution in [0.15, 0.2) is 48.5 Å². The molecule has 3 aromatic rings. The Morgan fingerprint density at radius 1 is 0.978 bits per heavy atom. The van der Waals surface area contributed by atoms with E-state index in [2.05, 4.69) is 16.4 Å². The normalized spacial score (nSPS) is 20.0. The summed E-state index contributed by atoms with van der Waals surface area (Å²) in [5, 5.41) is 3.05. The summed E-state index contributed by atoms with van der Waals surface area (Å²) in [5.41, 5.74) is -2.58. The number of hydrogen-bond acceptors (Lipinski definition) is 4. The van der Waals surface area contributed by atoms with Gasteiger partial charge in [-0.25, -0.2) is 0 Å². The van der Waals surface area contributed by atoms with Crippen LogP contribution in [0.25, 0.3) is 10.9 Å². The number of benzene rings is 2. The molecule has 1 saturated carbocycles. The summed E-state index contributed by atoms with van der Waals surface area (Å²) in [6, 6.07) is 11.0. The van der Waals surface area contributed by atoms with Crippen LogP contribution in [0.1, 0.15) is 78.5 Å². The zero-order chi connectivity index (χ0) is 32.6. The van der Waals surface area contributed by atoms with Gasteiger partial charge in [0.05, 0.1) is 0 Å². The molecular weight excluding hydrogens is 617 g/mol. The third kappa shape index (κ3) is 6.48. The van der Waals surface area contributed by atoms with Crippen molar-refractivity contribution in [3.63, 3.8) is 0 Å². The number of aromatic amines is 1. The third-order valence-corrected chi connectivity index (χ3v) is 10.7. The fraction of sp³-hybridized carbons (Fsp3) is 0.485. The number of nitrogens with zero attached hydrogens (tertiary/aromatic N) is 2. The van der Waals surface area contributed by atoms with Crippen molar-refractivity contribution in [2.75, 3.05) is 13.1 Å². The second kappa shape index (κ2) is 12.9. The number of carbonyl (C=O) groups excluding carboxylic acids is 3. The monoisotopic (exact) mass is 656 g/mol. The second-order valence-electron chi connectivity index (χ2n) is 12.8. The van der Waals surface area contributed by atoms with Crippen LogP contribution in [0.2, 0.25) is 0 Å². The van der Waals surface area contributed by atoms with Crippen molar-refractivity contribution in [2.24, 2.45) is 5.92 Å². The molecule has 2 unspecified atom stereocenters. The molecule has 3 aliphatic rings. The molecule has 2 aliphatic heterocycles. The largest absolute Gasteiger partial charge is 0.399 e. The van der Waals surface area contributed by atoms with E-state index in [-0.39, 0.29) is 28.8 Å². The van der Waals surface area contributed by atoms with Gasteiger partial charge in [0.2, 0.25) is 11.8 Å². The molecule has 4 N–H and O–H groups in total. The van der Waals surface area contributed by atoms with E-state index >= 15 is 0 Å². The number of nitrogens with one attached hydrogen (secondary N) is 2. The number of hydrogen-bond donors (Lipinski definition) is 4. The Morgan fingerprint density at radius 2 is 1.72 bits per heavy atom. The lowest BCUT2D eigenvalue weighted by Gasteiger charge is -2.35. The Hall–Kier alpha value is -3.60. The van der Waals surface area contributed by atoms with Gasteiger partial charge in [-0.3, -0.25) is 18.9 Å². The molecule has 2 aromatic carbocycles. The minimum atomic E-state index is -5.77. The highest BCUT2D eigenvalue weighted by Gasteiger charge is 2.50. The number of alkyl halides is 2. The summed E-state index contributed by atoms with van der Waals surface area (Å²) in [4.78, 5) is 66.1. The highest BCUT2D eigenvalue weighted by atomic mass is 31.2. The standard InChI is InChI=1S/C33H39F2N4O6P/c34-33(35,46(43,44)45)25-12-13-26-24(18-25)19-27(36-26)30(40)37-28(17-21-7-2-1-3-8-21)31(41)39-15-6-11-29(39)32(42)38-16-14-22-9-4-5-10-23(22)20-38/h4-5,9-10,12-13,18-19,21,28-29,36H,1-3,6-8,11,14-17,20H2,(H,37,40)(H2,43,44,45). The van der Waals surface area contributed by atoms with E-state index in [0.717, 1.165) is 56.2 Å². The van der Waals surface area contributed by atoms with E-state index in [0.29, 0.717) is 44.4 Å². The minimum absolute atomic E-state index is 0.0223. The van der Waals surface area contributed by atoms with Crippen molar-refractivity contribution in [1.29, 1.82) is 0 Å². The quantitative estimate of drug-likeness (QED) is 0.250. The van der Waals surface area contributed by atoms with Crippen LogP contribution in [0.5, 0.6) is 0 Å². The van der Waals surface area contributed by atoms with Gasteiger partial charge in [0.1, 0.15) is 17.8 Å². The molecule has 3 heterocycles. The van der Waals surface area contributed by atoms with E-state index in [9.17, 15) is 27.7 Å². The first-order valence-corrected chi connectivity index (χ1v) is 17.6. The number of carbonyl (C=O) groups is 3. The molecule has 3 amide bonds. The smallest absolute Gasteiger partial charge is 0.351 e. The van der Waals surface area contributed by atoms with Gasteiger partial charge in [-0.05, 0) is 60.9 Å². The number of fused-ring (bicyclic) bond motifs is 2. The summed E-state index contributed by atoms with van der Waals surface area (Å²) in [7, 11) is -5.77. The summed E-state index contributed by atoms with van der Waals surface area (Å²) in [6.07, 6.45) is 7.52. The van der Waals surface area contributed by atoms with Crippen LogP contribution < -0.4 is 5.32 Å². The fourth-order valence-corrected chi connectivity index (χ4v) is 7.68. The lowest BCUT2D eigenvalue weighted by Crippen LogP contribution is -2.55. The highest BCUT2D eigenvalue weighted by molar-refractivity contribution is 7.52. The third-order valence-electron chi connectivity index (χ3n) is 9.74. The molecule has 6 rings (SSSR count). The molecule has 13 heteroatoms. The summed E-state index contributed by atoms with van der Waals surface area (Å²) < 4.78 is 40.1. The molecule has 0 radical (unpaired) electrons. The average molecular weight is 657 g/mol. The second-order valence-corrected chi connectivity index (χ2v) is 14.5. The maximum atomic E-state index is 14.3. The van der Waals surface area contributed by atoms with Crippen LogP contribution in [0, 0.1) is 5.92 Å². The van der Waals surface area contributed by atoms with Crippen LogP contribution >= 0.6 is 7.60 Å². The number of likely N-dealkylation sites (tertiary alicyclic amines) is 1. The topological polar surface area (TPSA) is 143 Å². The highest BCUT2D eigenvalue weighted by Crippen LogP contribution is 2.59. The molecule has 1 aliphatic carbocycles. The van der Waals surface area contributed by atoms with Gasteiger partial charge in [0, 0.05) is 36.1 Å². The van der Waals surface area contributed by atoms with Gasteiger partial charge in [0.25, 0.3) is 5.91 Å². The van der Waals surface area contributed by atoms with Crippen molar-refractivity contribution in [3.8, 4) is 0 Å². The van der Waals surface area contributed by atoms with Crippen molar-refractivity contribution in [2.45, 2.75) is 82.1 Å². The molecule has 1 saturated heterocycles. The van der Waals surface area contributed by atoms with Crippen molar-refractivity contribution in [3.05, 3.63) is 70.9 Å². The van der Waals surface area contributed by atoms with Crippen LogP contribution in [0.3, 0.4) is 0 Å². The molecular formula is C33H39F2N4O6P. The zero-order valence-electron chi connectivity index (χ0n) is 25.5. The predicted molar refractivity (Wildman–Crippen MR) is 167 cm³/mol. The Morgan fingerprint density at radius 3 is 2.46 bits per heavy atom. The molecule has 46 heavy (non-hydrogen) atoms. The van der Waals surface area contributed by atoms with Crippen molar-refractivity contribution in [1.82, 2.24) is 20.1 Å².